The maximum absolute atomic E-state index is 13.1. The molecule has 1 heterocycles. The van der Waals surface area contributed by atoms with Crippen LogP contribution >= 0.6 is 0 Å². The van der Waals surface area contributed by atoms with Gasteiger partial charge in [0.1, 0.15) is 11.3 Å². The number of ether oxygens (including phenoxy) is 1. The van der Waals surface area contributed by atoms with E-state index in [2.05, 4.69) is 33.0 Å². The molecule has 1 unspecified atom stereocenters. The van der Waals surface area contributed by atoms with Gasteiger partial charge in [0.05, 0.1) is 6.61 Å². The largest absolute Gasteiger partial charge is 0.494 e. The van der Waals surface area contributed by atoms with Gasteiger partial charge in [-0.1, -0.05) is 64.1 Å². The van der Waals surface area contributed by atoms with Crippen molar-refractivity contribution < 1.29 is 14.3 Å². The number of carbonyl (C=O) groups excluding carboxylic acids is 2. The highest BCUT2D eigenvalue weighted by molar-refractivity contribution is 6.07. The Morgan fingerprint density at radius 3 is 2.20 bits per heavy atom. The summed E-state index contributed by atoms with van der Waals surface area (Å²) in [6.45, 7) is 11.1. The van der Waals surface area contributed by atoms with E-state index in [9.17, 15) is 9.59 Å². The minimum Gasteiger partial charge on any atom is -0.494 e. The minimum absolute atomic E-state index is 0.0330. The molecule has 30 heavy (non-hydrogen) atoms. The highest BCUT2D eigenvalue weighted by atomic mass is 16.5. The molecule has 0 aromatic heterocycles. The molecule has 0 radical (unpaired) electrons. The molecule has 0 spiro atoms. The first-order valence-corrected chi connectivity index (χ1v) is 10.6. The SMILES string of the molecule is CCc1ccc(OCCCN2C(=O)NC(C)(c3ccc(C(C)(C)C)cc3)C2=O)cc1. The average Bonchev–Trinajstić information content (AvgIpc) is 2.94. The fraction of sp³-hybridized carbons (Fsp3) is 0.440. The summed E-state index contributed by atoms with van der Waals surface area (Å²) >= 11 is 0. The number of aryl methyl sites for hydroxylation is 1. The molecule has 5 heteroatoms. The molecule has 0 bridgehead atoms. The van der Waals surface area contributed by atoms with Gasteiger partial charge < -0.3 is 10.1 Å². The van der Waals surface area contributed by atoms with E-state index < -0.39 is 5.54 Å². The van der Waals surface area contributed by atoms with Crippen molar-refractivity contribution in [1.29, 1.82) is 0 Å². The minimum atomic E-state index is -1.04. The first kappa shape index (κ1) is 21.9. The summed E-state index contributed by atoms with van der Waals surface area (Å²) in [5.74, 6) is 0.580. The van der Waals surface area contributed by atoms with Crippen LogP contribution in [-0.4, -0.2) is 30.0 Å². The van der Waals surface area contributed by atoms with E-state index in [4.69, 9.17) is 4.74 Å². The first-order chi connectivity index (χ1) is 14.1. The summed E-state index contributed by atoms with van der Waals surface area (Å²) in [7, 11) is 0. The number of hydrogen-bond donors (Lipinski definition) is 1. The molecule has 1 fully saturated rings. The number of amides is 3. The lowest BCUT2D eigenvalue weighted by molar-refractivity contribution is -0.131. The number of nitrogens with zero attached hydrogens (tertiary/aromatic N) is 1. The predicted molar refractivity (Wildman–Crippen MR) is 119 cm³/mol. The van der Waals surface area contributed by atoms with Crippen LogP contribution in [0.5, 0.6) is 5.75 Å². The standard InChI is InChI=1S/C25H32N2O3/c1-6-18-8-14-21(15-9-18)30-17-7-16-27-22(28)25(5,26-23(27)29)20-12-10-19(11-13-20)24(2,3)4/h8-15H,6-7,16-17H2,1-5H3,(H,26,29). The van der Waals surface area contributed by atoms with Gasteiger partial charge in [-0.05, 0) is 54.0 Å². The Morgan fingerprint density at radius 2 is 1.63 bits per heavy atom. The van der Waals surface area contributed by atoms with Gasteiger partial charge in [-0.2, -0.15) is 0 Å². The normalized spacial score (nSPS) is 19.2. The smallest absolute Gasteiger partial charge is 0.325 e. The van der Waals surface area contributed by atoms with Crippen molar-refractivity contribution in [3.63, 3.8) is 0 Å². The fourth-order valence-electron chi connectivity index (χ4n) is 3.63. The van der Waals surface area contributed by atoms with Crippen LogP contribution in [-0.2, 0) is 22.2 Å². The second-order valence-corrected chi connectivity index (χ2v) is 9.04. The number of urea groups is 1. The van der Waals surface area contributed by atoms with Crippen LogP contribution in [0.1, 0.15) is 57.7 Å². The van der Waals surface area contributed by atoms with E-state index in [-0.39, 0.29) is 17.4 Å². The van der Waals surface area contributed by atoms with Crippen LogP contribution in [0.25, 0.3) is 0 Å². The van der Waals surface area contributed by atoms with Gasteiger partial charge in [0, 0.05) is 6.54 Å². The van der Waals surface area contributed by atoms with Gasteiger partial charge in [0.15, 0.2) is 0 Å². The van der Waals surface area contributed by atoms with Crippen molar-refractivity contribution in [3.05, 3.63) is 65.2 Å². The summed E-state index contributed by atoms with van der Waals surface area (Å²) in [5.41, 5.74) is 2.24. The monoisotopic (exact) mass is 408 g/mol. The number of hydrogen-bond acceptors (Lipinski definition) is 3. The molecule has 3 rings (SSSR count). The molecule has 5 nitrogen and oxygen atoms in total. The molecule has 0 saturated carbocycles. The molecule has 2 aromatic rings. The molecule has 3 amide bonds. The highest BCUT2D eigenvalue weighted by Gasteiger charge is 2.48. The molecule has 1 N–H and O–H groups in total. The highest BCUT2D eigenvalue weighted by Crippen LogP contribution is 2.31. The Kier molecular flexibility index (Phi) is 6.20. The van der Waals surface area contributed by atoms with Gasteiger partial charge in [-0.25, -0.2) is 4.79 Å². The predicted octanol–water partition coefficient (Wildman–Crippen LogP) is 4.78. The van der Waals surface area contributed by atoms with Crippen LogP contribution in [0.15, 0.2) is 48.5 Å². The molecular formula is C25H32N2O3. The van der Waals surface area contributed by atoms with Crippen LogP contribution in [0.3, 0.4) is 0 Å². The lowest BCUT2D eigenvalue weighted by atomic mass is 9.84. The van der Waals surface area contributed by atoms with Crippen LogP contribution < -0.4 is 10.1 Å². The number of carbonyl (C=O) groups is 2. The van der Waals surface area contributed by atoms with Gasteiger partial charge in [0.25, 0.3) is 5.91 Å². The van der Waals surface area contributed by atoms with Gasteiger partial charge >= 0.3 is 6.03 Å². The average molecular weight is 409 g/mol. The Labute approximate surface area is 179 Å². The summed E-state index contributed by atoms with van der Waals surface area (Å²) < 4.78 is 5.75. The first-order valence-electron chi connectivity index (χ1n) is 10.6. The quantitative estimate of drug-likeness (QED) is 0.530. The zero-order valence-corrected chi connectivity index (χ0v) is 18.6. The Morgan fingerprint density at radius 1 is 1.00 bits per heavy atom. The maximum Gasteiger partial charge on any atom is 0.325 e. The van der Waals surface area contributed by atoms with Crippen molar-refractivity contribution in [3.8, 4) is 5.75 Å². The summed E-state index contributed by atoms with van der Waals surface area (Å²) in [4.78, 5) is 26.8. The lowest BCUT2D eigenvalue weighted by Crippen LogP contribution is -2.41. The maximum atomic E-state index is 13.1. The molecular weight excluding hydrogens is 376 g/mol. The van der Waals surface area contributed by atoms with E-state index in [1.807, 2.05) is 48.5 Å². The van der Waals surface area contributed by atoms with Crippen molar-refractivity contribution in [2.45, 2.75) is 58.4 Å². The Hall–Kier alpha value is -2.82. The Balaban J connectivity index is 1.59. The van der Waals surface area contributed by atoms with Crippen molar-refractivity contribution >= 4 is 11.9 Å². The molecule has 1 atom stereocenters. The third-order valence-corrected chi connectivity index (χ3v) is 5.73. The number of rotatable bonds is 7. The molecule has 2 aromatic carbocycles. The zero-order chi connectivity index (χ0) is 21.9. The van der Waals surface area contributed by atoms with Crippen molar-refractivity contribution in [2.24, 2.45) is 0 Å². The second-order valence-electron chi connectivity index (χ2n) is 9.04. The van der Waals surface area contributed by atoms with Gasteiger partial charge in [-0.15, -0.1) is 0 Å². The molecule has 1 saturated heterocycles. The Bertz CT molecular complexity index is 897. The van der Waals surface area contributed by atoms with Crippen LogP contribution in [0, 0.1) is 0 Å². The van der Waals surface area contributed by atoms with Gasteiger partial charge in [0.2, 0.25) is 0 Å². The van der Waals surface area contributed by atoms with E-state index in [0.29, 0.717) is 19.6 Å². The third kappa shape index (κ3) is 4.50. The number of benzene rings is 2. The second kappa shape index (κ2) is 8.50. The van der Waals surface area contributed by atoms with E-state index in [1.165, 1.54) is 16.0 Å². The van der Waals surface area contributed by atoms with Crippen LogP contribution in [0.2, 0.25) is 0 Å². The molecule has 160 valence electrons. The van der Waals surface area contributed by atoms with E-state index in [0.717, 1.165) is 17.7 Å². The fourth-order valence-corrected chi connectivity index (χ4v) is 3.63. The van der Waals surface area contributed by atoms with E-state index in [1.54, 1.807) is 6.92 Å². The summed E-state index contributed by atoms with van der Waals surface area (Å²) in [6, 6.07) is 15.6. The number of nitrogens with one attached hydrogen (secondary N) is 1. The molecule has 0 aliphatic carbocycles. The van der Waals surface area contributed by atoms with Crippen molar-refractivity contribution in [1.82, 2.24) is 10.2 Å². The summed E-state index contributed by atoms with van der Waals surface area (Å²) in [6.07, 6.45) is 1.57. The van der Waals surface area contributed by atoms with E-state index >= 15 is 0 Å². The topological polar surface area (TPSA) is 58.6 Å². The number of imide groups is 1. The van der Waals surface area contributed by atoms with Crippen LogP contribution in [0.4, 0.5) is 4.79 Å². The third-order valence-electron chi connectivity index (χ3n) is 5.73. The van der Waals surface area contributed by atoms with Crippen molar-refractivity contribution in [2.75, 3.05) is 13.2 Å². The molecule has 1 aliphatic rings. The van der Waals surface area contributed by atoms with Gasteiger partial charge in [-0.3, -0.25) is 9.69 Å². The lowest BCUT2D eigenvalue weighted by Gasteiger charge is -2.24. The molecule has 1 aliphatic heterocycles. The summed E-state index contributed by atoms with van der Waals surface area (Å²) in [5, 5.41) is 2.87. The zero-order valence-electron chi connectivity index (χ0n) is 18.6.